The van der Waals surface area contributed by atoms with E-state index in [-0.39, 0.29) is 5.56 Å². The molecule has 0 saturated carbocycles. The molecule has 1 heterocycles. The highest BCUT2D eigenvalue weighted by molar-refractivity contribution is 5.99. The highest BCUT2D eigenvalue weighted by atomic mass is 19.1. The van der Waals surface area contributed by atoms with E-state index in [9.17, 15) is 14.0 Å². The van der Waals surface area contributed by atoms with Gasteiger partial charge in [0, 0.05) is 5.56 Å². The average Bonchev–Trinajstić information content (AvgIpc) is 2.75. The molecule has 2 rings (SSSR count). The first-order valence-corrected chi connectivity index (χ1v) is 5.90. The lowest BCUT2D eigenvalue weighted by Crippen LogP contribution is -2.41. The van der Waals surface area contributed by atoms with Crippen molar-refractivity contribution in [2.24, 2.45) is 0 Å². The fourth-order valence-electron chi connectivity index (χ4n) is 1.71. The number of nitrogens with one attached hydrogen (secondary N) is 2. The molecule has 2 amide bonds. The molecule has 6 heteroatoms. The molecular formula is C14H13FN2O3. The summed E-state index contributed by atoms with van der Waals surface area (Å²) in [6.45, 7) is 3.38. The Labute approximate surface area is 114 Å². The van der Waals surface area contributed by atoms with Gasteiger partial charge in [-0.15, -0.1) is 0 Å². The number of halogens is 1. The predicted molar refractivity (Wildman–Crippen MR) is 69.5 cm³/mol. The number of hydrogen-bond acceptors (Lipinski definition) is 3. The van der Waals surface area contributed by atoms with Gasteiger partial charge in [0.05, 0.1) is 5.56 Å². The highest BCUT2D eigenvalue weighted by Gasteiger charge is 2.14. The maximum absolute atomic E-state index is 12.7. The lowest BCUT2D eigenvalue weighted by atomic mass is 10.2. The van der Waals surface area contributed by atoms with Crippen LogP contribution in [-0.4, -0.2) is 11.8 Å². The average molecular weight is 276 g/mol. The summed E-state index contributed by atoms with van der Waals surface area (Å²) in [5.74, 6) is -0.366. The molecule has 0 aliphatic carbocycles. The van der Waals surface area contributed by atoms with Crippen molar-refractivity contribution in [1.29, 1.82) is 0 Å². The topological polar surface area (TPSA) is 71.3 Å². The predicted octanol–water partition coefficient (Wildman–Crippen LogP) is 2.11. The van der Waals surface area contributed by atoms with Crippen LogP contribution in [0.4, 0.5) is 4.39 Å². The molecule has 0 saturated heterocycles. The number of benzene rings is 1. The normalized spacial score (nSPS) is 10.2. The van der Waals surface area contributed by atoms with E-state index < -0.39 is 17.6 Å². The van der Waals surface area contributed by atoms with Crippen LogP contribution in [-0.2, 0) is 0 Å². The number of amides is 2. The molecule has 2 N–H and O–H groups in total. The number of rotatable bonds is 2. The third-order valence-corrected chi connectivity index (χ3v) is 2.68. The number of aryl methyl sites for hydroxylation is 2. The van der Waals surface area contributed by atoms with Crippen molar-refractivity contribution < 1.29 is 18.4 Å². The summed E-state index contributed by atoms with van der Waals surface area (Å²) < 4.78 is 17.9. The minimum absolute atomic E-state index is 0.242. The molecule has 0 unspecified atom stereocenters. The van der Waals surface area contributed by atoms with Gasteiger partial charge in [0.25, 0.3) is 11.8 Å². The third kappa shape index (κ3) is 3.03. The Morgan fingerprint density at radius 3 is 2.20 bits per heavy atom. The summed E-state index contributed by atoms with van der Waals surface area (Å²) in [4.78, 5) is 23.5. The lowest BCUT2D eigenvalue weighted by molar-refractivity contribution is 0.0845. The van der Waals surface area contributed by atoms with Crippen LogP contribution in [0.15, 0.2) is 34.7 Å². The summed E-state index contributed by atoms with van der Waals surface area (Å²) in [6, 6.07) is 6.56. The van der Waals surface area contributed by atoms with Crippen LogP contribution >= 0.6 is 0 Å². The molecule has 0 atom stereocenters. The minimum Gasteiger partial charge on any atom is -0.466 e. The summed E-state index contributed by atoms with van der Waals surface area (Å²) in [5, 5.41) is 0. The SMILES string of the molecule is Cc1cc(C(=O)NNC(=O)c2ccc(F)cc2)c(C)o1. The smallest absolute Gasteiger partial charge is 0.273 e. The molecule has 1 aromatic heterocycles. The zero-order chi connectivity index (χ0) is 14.7. The van der Waals surface area contributed by atoms with E-state index in [0.717, 1.165) is 0 Å². The largest absolute Gasteiger partial charge is 0.466 e. The number of furan rings is 1. The Kier molecular flexibility index (Phi) is 3.84. The summed E-state index contributed by atoms with van der Waals surface area (Å²) in [6.07, 6.45) is 0. The molecule has 5 nitrogen and oxygen atoms in total. The summed E-state index contributed by atoms with van der Waals surface area (Å²) >= 11 is 0. The molecule has 20 heavy (non-hydrogen) atoms. The van der Waals surface area contributed by atoms with Gasteiger partial charge >= 0.3 is 0 Å². The molecule has 104 valence electrons. The van der Waals surface area contributed by atoms with E-state index in [4.69, 9.17) is 4.42 Å². The van der Waals surface area contributed by atoms with Crippen molar-refractivity contribution in [2.45, 2.75) is 13.8 Å². The maximum atomic E-state index is 12.7. The second-order valence-corrected chi connectivity index (χ2v) is 4.24. The summed E-state index contributed by atoms with van der Waals surface area (Å²) in [5.41, 5.74) is 5.12. The van der Waals surface area contributed by atoms with Crippen LogP contribution in [0.1, 0.15) is 32.2 Å². The van der Waals surface area contributed by atoms with Crippen LogP contribution in [0.5, 0.6) is 0 Å². The first-order valence-electron chi connectivity index (χ1n) is 5.90. The monoisotopic (exact) mass is 276 g/mol. The first-order chi connectivity index (χ1) is 9.47. The van der Waals surface area contributed by atoms with Crippen LogP contribution in [0.2, 0.25) is 0 Å². The number of carbonyl (C=O) groups excluding carboxylic acids is 2. The van der Waals surface area contributed by atoms with Crippen molar-refractivity contribution in [3.05, 3.63) is 58.8 Å². The summed E-state index contributed by atoms with van der Waals surface area (Å²) in [7, 11) is 0. The van der Waals surface area contributed by atoms with Crippen LogP contribution in [0, 0.1) is 19.7 Å². The van der Waals surface area contributed by atoms with E-state index in [1.54, 1.807) is 19.9 Å². The Morgan fingerprint density at radius 1 is 1.05 bits per heavy atom. The first kappa shape index (κ1) is 13.8. The van der Waals surface area contributed by atoms with Crippen LogP contribution in [0.3, 0.4) is 0 Å². The minimum atomic E-state index is -0.531. The zero-order valence-electron chi connectivity index (χ0n) is 11.0. The van der Waals surface area contributed by atoms with Crippen molar-refractivity contribution in [3.8, 4) is 0 Å². The molecule has 0 radical (unpaired) electrons. The van der Waals surface area contributed by atoms with Gasteiger partial charge in [-0.1, -0.05) is 0 Å². The molecule has 0 spiro atoms. The van der Waals surface area contributed by atoms with Gasteiger partial charge in [-0.05, 0) is 44.2 Å². The van der Waals surface area contributed by atoms with Gasteiger partial charge in [0.1, 0.15) is 17.3 Å². The second-order valence-electron chi connectivity index (χ2n) is 4.24. The van der Waals surface area contributed by atoms with Crippen molar-refractivity contribution >= 4 is 11.8 Å². The fraction of sp³-hybridized carbons (Fsp3) is 0.143. The van der Waals surface area contributed by atoms with Crippen LogP contribution in [0.25, 0.3) is 0 Å². The van der Waals surface area contributed by atoms with E-state index >= 15 is 0 Å². The highest BCUT2D eigenvalue weighted by Crippen LogP contribution is 2.12. The molecule has 0 bridgehead atoms. The Hall–Kier alpha value is -2.63. The zero-order valence-corrected chi connectivity index (χ0v) is 11.0. The van der Waals surface area contributed by atoms with Gasteiger partial charge in [-0.25, -0.2) is 4.39 Å². The molecule has 0 aliphatic heterocycles. The van der Waals surface area contributed by atoms with E-state index in [1.165, 1.54) is 24.3 Å². The van der Waals surface area contributed by atoms with Crippen molar-refractivity contribution in [3.63, 3.8) is 0 Å². The second kappa shape index (κ2) is 5.56. The van der Waals surface area contributed by atoms with Gasteiger partial charge < -0.3 is 4.42 Å². The Morgan fingerprint density at radius 2 is 1.65 bits per heavy atom. The number of hydrogen-bond donors (Lipinski definition) is 2. The van der Waals surface area contributed by atoms with E-state index in [1.807, 2.05) is 0 Å². The fourth-order valence-corrected chi connectivity index (χ4v) is 1.71. The van der Waals surface area contributed by atoms with Gasteiger partial charge in [-0.3, -0.25) is 20.4 Å². The number of hydrazine groups is 1. The molecular weight excluding hydrogens is 263 g/mol. The van der Waals surface area contributed by atoms with Gasteiger partial charge in [-0.2, -0.15) is 0 Å². The van der Waals surface area contributed by atoms with Crippen LogP contribution < -0.4 is 10.9 Å². The third-order valence-electron chi connectivity index (χ3n) is 2.68. The van der Waals surface area contributed by atoms with Gasteiger partial charge in [0.2, 0.25) is 0 Å². The van der Waals surface area contributed by atoms with E-state index in [2.05, 4.69) is 10.9 Å². The van der Waals surface area contributed by atoms with Crippen molar-refractivity contribution in [1.82, 2.24) is 10.9 Å². The maximum Gasteiger partial charge on any atom is 0.273 e. The molecule has 2 aromatic rings. The standard InChI is InChI=1S/C14H13FN2O3/c1-8-7-12(9(2)20-8)14(19)17-16-13(18)10-3-5-11(15)6-4-10/h3-7H,1-2H3,(H,16,18)(H,17,19). The van der Waals surface area contributed by atoms with Crippen molar-refractivity contribution in [2.75, 3.05) is 0 Å². The molecule has 0 fully saturated rings. The molecule has 1 aromatic carbocycles. The Balaban J connectivity index is 1.98. The lowest BCUT2D eigenvalue weighted by Gasteiger charge is -2.06. The molecule has 0 aliphatic rings. The number of carbonyl (C=O) groups is 2. The van der Waals surface area contributed by atoms with E-state index in [0.29, 0.717) is 17.1 Å². The Bertz CT molecular complexity index is 647. The van der Waals surface area contributed by atoms with Gasteiger partial charge in [0.15, 0.2) is 0 Å². The quantitative estimate of drug-likeness (QED) is 0.825.